The molecule has 320 valence electrons. The largest absolute Gasteiger partial charge is 0.507 e. The number of aliphatic hydroxyl groups is 3. The first-order valence-corrected chi connectivity index (χ1v) is 20.4. The van der Waals surface area contributed by atoms with Gasteiger partial charge in [0.2, 0.25) is 5.79 Å². The van der Waals surface area contributed by atoms with Crippen LogP contribution in [-0.4, -0.2) is 117 Å². The molecule has 57 heavy (non-hydrogen) atoms. The highest BCUT2D eigenvalue weighted by Gasteiger charge is 2.70. The molecule has 4 aliphatic rings. The highest BCUT2D eigenvalue weighted by Crippen LogP contribution is 2.56. The summed E-state index contributed by atoms with van der Waals surface area (Å²) in [6.45, 7) is 18.1. The van der Waals surface area contributed by atoms with Crippen LogP contribution >= 0.6 is 0 Å². The van der Waals surface area contributed by atoms with E-state index in [0.717, 1.165) is 0 Å². The summed E-state index contributed by atoms with van der Waals surface area (Å²) in [7, 11) is 1.51. The molecule has 14 nitrogen and oxygen atoms in total. The topological polar surface area (TPSA) is 208 Å². The number of carbonyl (C=O) groups is 3. The number of carboxylic acid groups (broad SMARTS) is 1. The maximum absolute atomic E-state index is 14.2. The Morgan fingerprint density at radius 2 is 1.70 bits per heavy atom. The van der Waals surface area contributed by atoms with Crippen molar-refractivity contribution in [1.82, 2.24) is 0 Å². The van der Waals surface area contributed by atoms with Crippen LogP contribution in [0.5, 0.6) is 5.75 Å². The highest BCUT2D eigenvalue weighted by molar-refractivity contribution is 5.93. The Bertz CT molecular complexity index is 1680. The molecule has 17 atom stereocenters. The molecule has 3 saturated heterocycles. The van der Waals surface area contributed by atoms with Crippen molar-refractivity contribution in [2.45, 2.75) is 154 Å². The molecule has 3 fully saturated rings. The van der Waals surface area contributed by atoms with Gasteiger partial charge in [-0.25, -0.2) is 9.59 Å². The number of methoxy groups -OCH3 is 1. The number of esters is 1. The lowest BCUT2D eigenvalue weighted by Gasteiger charge is -2.54. The number of ketones is 1. The van der Waals surface area contributed by atoms with Gasteiger partial charge in [0.25, 0.3) is 0 Å². The summed E-state index contributed by atoms with van der Waals surface area (Å²) < 4.78 is 37.8. The number of rotatable bonds is 13. The third-order valence-corrected chi connectivity index (χ3v) is 13.5. The zero-order valence-corrected chi connectivity index (χ0v) is 35.1. The van der Waals surface area contributed by atoms with Crippen molar-refractivity contribution < 1.29 is 68.3 Å². The molecule has 0 saturated carbocycles. The number of carbonyl (C=O) groups excluding carboxylic acids is 2. The van der Waals surface area contributed by atoms with Gasteiger partial charge in [-0.05, 0) is 74.6 Å². The Morgan fingerprint density at radius 3 is 2.32 bits per heavy atom. The van der Waals surface area contributed by atoms with Gasteiger partial charge in [-0.3, -0.25) is 4.79 Å². The SMILES string of the molecule is CCOC(=O)[C@H]1O[C@@H]([C@@]2(C)O[C@]3(O[C@]4(C=C[C@@H]3O)O[C@H]([C@@H](C)C(=O)[C@@H](C)[C@@H](O)[C@H](C)C[C@H](C)c3ccc(C)c(O)c3C(=O)O)[C@@H](C)C[C@H]4C)[C@H](C)[C@H]2OC)C[C@H]1O. The van der Waals surface area contributed by atoms with Gasteiger partial charge >= 0.3 is 11.9 Å². The van der Waals surface area contributed by atoms with Gasteiger partial charge in [-0.2, -0.15) is 0 Å². The first-order valence-electron chi connectivity index (χ1n) is 20.4. The van der Waals surface area contributed by atoms with Crippen LogP contribution in [0.15, 0.2) is 24.3 Å². The average Bonchev–Trinajstić information content (AvgIpc) is 3.66. The molecule has 4 aliphatic heterocycles. The molecule has 0 unspecified atom stereocenters. The van der Waals surface area contributed by atoms with Crippen LogP contribution in [-0.2, 0) is 38.0 Å². The predicted octanol–water partition coefficient (Wildman–Crippen LogP) is 4.65. The van der Waals surface area contributed by atoms with Crippen molar-refractivity contribution in [1.29, 1.82) is 0 Å². The number of hydrogen-bond acceptors (Lipinski definition) is 13. The van der Waals surface area contributed by atoms with Gasteiger partial charge in [-0.1, -0.05) is 60.6 Å². The van der Waals surface area contributed by atoms with Crippen LogP contribution in [0.25, 0.3) is 0 Å². The molecule has 0 bridgehead atoms. The number of aliphatic hydroxyl groups excluding tert-OH is 3. The summed E-state index contributed by atoms with van der Waals surface area (Å²) >= 11 is 0. The van der Waals surface area contributed by atoms with Gasteiger partial charge in [0.1, 0.15) is 28.8 Å². The fourth-order valence-corrected chi connectivity index (χ4v) is 10.1. The monoisotopic (exact) mass is 804 g/mol. The number of carboxylic acids is 1. The van der Waals surface area contributed by atoms with Crippen molar-refractivity contribution in [3.8, 4) is 5.75 Å². The smallest absolute Gasteiger partial charge is 0.339 e. The predicted molar refractivity (Wildman–Crippen MR) is 206 cm³/mol. The Labute approximate surface area is 335 Å². The van der Waals surface area contributed by atoms with E-state index in [2.05, 4.69) is 0 Å². The zero-order valence-electron chi connectivity index (χ0n) is 35.1. The minimum atomic E-state index is -1.71. The molecule has 0 aliphatic carbocycles. The summed E-state index contributed by atoms with van der Waals surface area (Å²) in [6, 6.07) is 3.35. The van der Waals surface area contributed by atoms with E-state index < -0.39 is 95.5 Å². The molecule has 1 aromatic rings. The second-order valence-electron chi connectivity index (χ2n) is 17.5. The molecular weight excluding hydrogens is 740 g/mol. The lowest BCUT2D eigenvalue weighted by atomic mass is 9.74. The number of aromatic hydroxyl groups is 1. The fourth-order valence-electron chi connectivity index (χ4n) is 10.1. The summed E-state index contributed by atoms with van der Waals surface area (Å²) in [5.74, 6) is -8.73. The van der Waals surface area contributed by atoms with E-state index in [1.165, 1.54) is 7.11 Å². The van der Waals surface area contributed by atoms with Gasteiger partial charge in [0.15, 0.2) is 11.9 Å². The average molecular weight is 805 g/mol. The standard InChI is InChI=1S/C43H64O14/c1-12-53-40(51)37-29(44)19-31(54-37)41(10)38(52-11)27(9)43(56-41)30(45)15-16-42(57-43)24(6)18-23(5)36(55-42)26(8)35(48)25(7)33(46)22(4)17-21(3)28-14-13-20(2)34(47)32(28)39(49)50/h13-16,21-27,29-31,33,36-38,44-47H,12,17-19H2,1-11H3,(H,49,50)/t21-,22+,23-,24+,25-,26-,27+,29+,30-,31+,33-,36-,37-,38+,41+,42-,43-/m0/s1. The maximum atomic E-state index is 14.2. The van der Waals surface area contributed by atoms with Crippen LogP contribution in [0.4, 0.5) is 0 Å². The van der Waals surface area contributed by atoms with E-state index in [9.17, 15) is 39.9 Å². The zero-order chi connectivity index (χ0) is 42.5. The summed E-state index contributed by atoms with van der Waals surface area (Å²) in [6.07, 6.45) is -2.62. The van der Waals surface area contributed by atoms with Crippen molar-refractivity contribution in [2.75, 3.05) is 13.7 Å². The molecule has 0 aromatic heterocycles. The Morgan fingerprint density at radius 1 is 1.04 bits per heavy atom. The molecule has 5 rings (SSSR count). The van der Waals surface area contributed by atoms with Crippen LogP contribution < -0.4 is 0 Å². The number of phenols is 1. The number of benzene rings is 1. The van der Waals surface area contributed by atoms with E-state index in [-0.39, 0.29) is 47.9 Å². The number of ether oxygens (including phenoxy) is 6. The molecule has 0 radical (unpaired) electrons. The van der Waals surface area contributed by atoms with Gasteiger partial charge in [0.05, 0.1) is 37.1 Å². The molecule has 0 amide bonds. The van der Waals surface area contributed by atoms with Gasteiger partial charge < -0.3 is 54.0 Å². The molecule has 4 heterocycles. The van der Waals surface area contributed by atoms with Crippen LogP contribution in [0.1, 0.15) is 109 Å². The Balaban J connectivity index is 1.34. The van der Waals surface area contributed by atoms with Crippen molar-refractivity contribution in [3.05, 3.63) is 41.0 Å². The molecule has 2 spiro atoms. The van der Waals surface area contributed by atoms with E-state index in [1.54, 1.807) is 58.9 Å². The van der Waals surface area contributed by atoms with Crippen LogP contribution in [0, 0.1) is 42.4 Å². The molecule has 5 N–H and O–H groups in total. The summed E-state index contributed by atoms with van der Waals surface area (Å²) in [4.78, 5) is 38.9. The second-order valence-corrected chi connectivity index (χ2v) is 17.5. The van der Waals surface area contributed by atoms with Gasteiger partial charge in [-0.15, -0.1) is 0 Å². The number of aromatic carboxylic acids is 1. The summed E-state index contributed by atoms with van der Waals surface area (Å²) in [5.41, 5.74) is -0.550. The van der Waals surface area contributed by atoms with Crippen LogP contribution in [0.3, 0.4) is 0 Å². The molecule has 14 heteroatoms. The minimum Gasteiger partial charge on any atom is -0.507 e. The minimum absolute atomic E-state index is 0.0479. The lowest BCUT2D eigenvalue weighted by molar-refractivity contribution is -0.414. The van der Waals surface area contributed by atoms with E-state index >= 15 is 0 Å². The number of Topliss-reactive ketones (excluding diaryl/α,β-unsaturated/α-hetero) is 1. The first kappa shape index (κ1) is 45.1. The molecular formula is C43H64O14. The Hall–Kier alpha value is -2.95. The highest BCUT2D eigenvalue weighted by atomic mass is 16.8. The lowest BCUT2D eigenvalue weighted by Crippen LogP contribution is -2.64. The van der Waals surface area contributed by atoms with Gasteiger partial charge in [0, 0.05) is 37.2 Å². The number of hydrogen-bond donors (Lipinski definition) is 5. The normalized spacial score (nSPS) is 39.2. The third kappa shape index (κ3) is 7.93. The fraction of sp³-hybridized carbons (Fsp3) is 0.744. The van der Waals surface area contributed by atoms with E-state index in [4.69, 9.17) is 28.4 Å². The van der Waals surface area contributed by atoms with Crippen molar-refractivity contribution >= 4 is 17.7 Å². The third-order valence-electron chi connectivity index (χ3n) is 13.5. The first-order chi connectivity index (χ1) is 26.6. The van der Waals surface area contributed by atoms with Crippen molar-refractivity contribution in [2.24, 2.45) is 35.5 Å². The number of aryl methyl sites for hydroxylation is 1. The maximum Gasteiger partial charge on any atom is 0.339 e. The summed E-state index contributed by atoms with van der Waals surface area (Å²) in [5, 5.41) is 54.3. The quantitative estimate of drug-likeness (QED) is 0.136. The Kier molecular flexibility index (Phi) is 13.4. The van der Waals surface area contributed by atoms with E-state index in [0.29, 0.717) is 24.0 Å². The van der Waals surface area contributed by atoms with Crippen molar-refractivity contribution in [3.63, 3.8) is 0 Å². The van der Waals surface area contributed by atoms with E-state index in [1.807, 2.05) is 34.6 Å². The molecule has 1 aromatic carbocycles. The van der Waals surface area contributed by atoms with Crippen LogP contribution in [0.2, 0.25) is 0 Å². The second kappa shape index (κ2) is 17.0.